The number of ether oxygens (including phenoxy) is 1. The second kappa shape index (κ2) is 12.1. The third kappa shape index (κ3) is 6.26. The number of aryl methyl sites for hydroxylation is 2. The second-order valence-electron chi connectivity index (χ2n) is 10.4. The van der Waals surface area contributed by atoms with Crippen LogP contribution in [0.25, 0.3) is 11.6 Å². The quantitative estimate of drug-likeness (QED) is 0.389. The van der Waals surface area contributed by atoms with Gasteiger partial charge in [-0.15, -0.1) is 0 Å². The molecule has 5 rings (SSSR count). The first-order valence-corrected chi connectivity index (χ1v) is 13.6. The Bertz CT molecular complexity index is 1420. The lowest BCUT2D eigenvalue weighted by atomic mass is 10.00. The summed E-state index contributed by atoms with van der Waals surface area (Å²) in [6.45, 7) is 5.46. The highest BCUT2D eigenvalue weighted by Crippen LogP contribution is 2.29. The fourth-order valence-electron chi connectivity index (χ4n) is 5.30. The predicted octanol–water partition coefficient (Wildman–Crippen LogP) is 4.05. The van der Waals surface area contributed by atoms with Crippen LogP contribution in [0.3, 0.4) is 0 Å². The van der Waals surface area contributed by atoms with E-state index in [-0.39, 0.29) is 35.8 Å². The number of fused-ring (bicyclic) bond motifs is 2. The summed E-state index contributed by atoms with van der Waals surface area (Å²) in [7, 11) is 1.87. The third-order valence-electron chi connectivity index (χ3n) is 7.40. The molecule has 210 valence electrons. The molecule has 5 heterocycles. The Morgan fingerprint density at radius 1 is 1.10 bits per heavy atom. The van der Waals surface area contributed by atoms with Crippen LogP contribution in [-0.2, 0) is 16.6 Å². The molecule has 10 nitrogen and oxygen atoms in total. The average Bonchev–Trinajstić information content (AvgIpc) is 3.44. The number of aromatic nitrogens is 4. The number of allylic oxidation sites excluding steroid dienone is 1. The monoisotopic (exact) mass is 547 g/mol. The summed E-state index contributed by atoms with van der Waals surface area (Å²) in [4.78, 5) is 36.1. The minimum atomic E-state index is -0.848. The molecule has 0 spiro atoms. The number of hydrogen-bond donors (Lipinski definition) is 2. The summed E-state index contributed by atoms with van der Waals surface area (Å²) in [6, 6.07) is 3.60. The molecule has 2 aliphatic heterocycles. The maximum Gasteiger partial charge on any atom is 0.257 e. The van der Waals surface area contributed by atoms with Gasteiger partial charge in [0.05, 0.1) is 49.1 Å². The minimum absolute atomic E-state index is 0.131. The van der Waals surface area contributed by atoms with E-state index in [9.17, 15) is 14.0 Å². The molecule has 0 aliphatic carbocycles. The minimum Gasteiger partial charge on any atom is -0.378 e. The highest BCUT2D eigenvalue weighted by molar-refractivity contribution is 6.05. The molecular formula is C29H34FN7O3. The molecule has 2 unspecified atom stereocenters. The predicted molar refractivity (Wildman–Crippen MR) is 150 cm³/mol. The molecule has 0 aromatic carbocycles. The Morgan fingerprint density at radius 2 is 1.88 bits per heavy atom. The van der Waals surface area contributed by atoms with Gasteiger partial charge in [0.1, 0.15) is 0 Å². The molecule has 0 saturated carbocycles. The van der Waals surface area contributed by atoms with E-state index >= 15 is 0 Å². The molecule has 2 saturated heterocycles. The fourth-order valence-corrected chi connectivity index (χ4v) is 5.30. The number of rotatable bonds is 9. The van der Waals surface area contributed by atoms with E-state index in [4.69, 9.17) is 4.74 Å². The van der Waals surface area contributed by atoms with Crippen LogP contribution in [-0.4, -0.2) is 68.3 Å². The molecule has 2 aliphatic rings. The number of hydrogen-bond acceptors (Lipinski definition) is 7. The van der Waals surface area contributed by atoms with E-state index in [1.54, 1.807) is 10.7 Å². The standard InChI is InChI=1S/C29H34FN7O3/c1-4-5-19(22-12-33-36(3)14-22)8-20-9-21(11-31-18(20)2)29(39)35-26-10-23(13-32-28(26)30)34-27(38)15-37-24-6-7-25(37)17-40-16-24/h8-14,24-25H,4-7,15-17H2,1-3H3,(H,34,38)(H,35,39)/b19-8+. The second-order valence-corrected chi connectivity index (χ2v) is 10.4. The number of carbonyl (C=O) groups is 2. The van der Waals surface area contributed by atoms with Gasteiger partial charge >= 0.3 is 0 Å². The lowest BCUT2D eigenvalue weighted by Crippen LogP contribution is -2.48. The van der Waals surface area contributed by atoms with Crippen LogP contribution < -0.4 is 10.6 Å². The van der Waals surface area contributed by atoms with Crippen molar-refractivity contribution >= 4 is 34.8 Å². The zero-order valence-corrected chi connectivity index (χ0v) is 23.0. The Hall–Kier alpha value is -3.96. The molecule has 2 N–H and O–H groups in total. The highest BCUT2D eigenvalue weighted by Gasteiger charge is 2.38. The molecule has 0 radical (unpaired) electrons. The van der Waals surface area contributed by atoms with E-state index in [2.05, 4.69) is 37.5 Å². The fraction of sp³-hybridized carbons (Fsp3) is 0.414. The van der Waals surface area contributed by atoms with E-state index < -0.39 is 11.9 Å². The summed E-state index contributed by atoms with van der Waals surface area (Å²) in [6.07, 6.45) is 12.3. The number of halogens is 1. The summed E-state index contributed by atoms with van der Waals surface area (Å²) in [5.74, 6) is -1.60. The van der Waals surface area contributed by atoms with Crippen molar-refractivity contribution in [2.75, 3.05) is 30.4 Å². The number of pyridine rings is 2. The van der Waals surface area contributed by atoms with Crippen molar-refractivity contribution in [3.63, 3.8) is 0 Å². The van der Waals surface area contributed by atoms with Gasteiger partial charge in [-0.25, -0.2) is 4.98 Å². The number of carbonyl (C=O) groups excluding carboxylic acids is 2. The largest absolute Gasteiger partial charge is 0.378 e. The number of morpholine rings is 1. The molecular weight excluding hydrogens is 513 g/mol. The zero-order chi connectivity index (χ0) is 28.2. The summed E-state index contributed by atoms with van der Waals surface area (Å²) in [5.41, 5.74) is 4.09. The molecule has 11 heteroatoms. The van der Waals surface area contributed by atoms with E-state index in [1.807, 2.05) is 32.4 Å². The normalized spacial score (nSPS) is 19.1. The summed E-state index contributed by atoms with van der Waals surface area (Å²) >= 11 is 0. The van der Waals surface area contributed by atoms with Crippen LogP contribution in [0.4, 0.5) is 15.8 Å². The van der Waals surface area contributed by atoms with Crippen molar-refractivity contribution in [2.45, 2.75) is 51.6 Å². The van der Waals surface area contributed by atoms with E-state index in [0.717, 1.165) is 48.1 Å². The maximum absolute atomic E-state index is 14.6. The van der Waals surface area contributed by atoms with Gasteiger partial charge < -0.3 is 15.4 Å². The Kier molecular flexibility index (Phi) is 8.32. The number of anilines is 2. The lowest BCUT2D eigenvalue weighted by molar-refractivity contribution is -0.120. The average molecular weight is 548 g/mol. The zero-order valence-electron chi connectivity index (χ0n) is 23.0. The Balaban J connectivity index is 1.29. The third-order valence-corrected chi connectivity index (χ3v) is 7.40. The van der Waals surface area contributed by atoms with Crippen molar-refractivity contribution < 1.29 is 18.7 Å². The molecule has 3 aromatic rings. The summed E-state index contributed by atoms with van der Waals surface area (Å²) < 4.78 is 21.9. The van der Waals surface area contributed by atoms with Crippen molar-refractivity contribution in [3.8, 4) is 0 Å². The van der Waals surface area contributed by atoms with Crippen LogP contribution in [0, 0.1) is 12.9 Å². The van der Waals surface area contributed by atoms with Gasteiger partial charge in [0, 0.05) is 42.8 Å². The number of nitrogens with zero attached hydrogens (tertiary/aromatic N) is 5. The van der Waals surface area contributed by atoms with Gasteiger partial charge in [-0.05, 0) is 55.5 Å². The van der Waals surface area contributed by atoms with Crippen LogP contribution in [0.2, 0.25) is 0 Å². The van der Waals surface area contributed by atoms with Crippen molar-refractivity contribution in [3.05, 3.63) is 65.3 Å². The number of nitrogens with one attached hydrogen (secondary N) is 2. The van der Waals surface area contributed by atoms with Gasteiger partial charge in [0.25, 0.3) is 5.91 Å². The lowest BCUT2D eigenvalue weighted by Gasteiger charge is -2.33. The maximum atomic E-state index is 14.6. The molecule has 3 aromatic heterocycles. The number of amides is 2. The van der Waals surface area contributed by atoms with Crippen LogP contribution >= 0.6 is 0 Å². The van der Waals surface area contributed by atoms with Gasteiger partial charge in [0.15, 0.2) is 0 Å². The van der Waals surface area contributed by atoms with Gasteiger partial charge in [-0.3, -0.25) is 24.2 Å². The van der Waals surface area contributed by atoms with Crippen molar-refractivity contribution in [1.82, 2.24) is 24.6 Å². The van der Waals surface area contributed by atoms with Crippen LogP contribution in [0.1, 0.15) is 59.8 Å². The van der Waals surface area contributed by atoms with E-state index in [1.165, 1.54) is 18.5 Å². The van der Waals surface area contributed by atoms with Gasteiger partial charge in [-0.1, -0.05) is 13.3 Å². The van der Waals surface area contributed by atoms with E-state index in [0.29, 0.717) is 18.9 Å². The van der Waals surface area contributed by atoms with Crippen LogP contribution in [0.5, 0.6) is 0 Å². The van der Waals surface area contributed by atoms with Gasteiger partial charge in [0.2, 0.25) is 11.9 Å². The molecule has 2 amide bonds. The first-order chi connectivity index (χ1) is 19.3. The van der Waals surface area contributed by atoms with Gasteiger partial charge in [-0.2, -0.15) is 9.49 Å². The topological polar surface area (TPSA) is 114 Å². The SMILES string of the molecule is CCC/C(=C\c1cc(C(=O)Nc2cc(NC(=O)CN3C4CCC3COC4)cnc2F)cnc1C)c1cnn(C)c1. The Morgan fingerprint density at radius 3 is 2.58 bits per heavy atom. The summed E-state index contributed by atoms with van der Waals surface area (Å²) in [5, 5.41) is 9.62. The van der Waals surface area contributed by atoms with Crippen LogP contribution in [0.15, 0.2) is 36.9 Å². The Labute approximate surface area is 232 Å². The first-order valence-electron chi connectivity index (χ1n) is 13.6. The first kappa shape index (κ1) is 27.6. The molecule has 2 fully saturated rings. The van der Waals surface area contributed by atoms with Crippen molar-refractivity contribution in [2.24, 2.45) is 7.05 Å². The highest BCUT2D eigenvalue weighted by atomic mass is 19.1. The molecule has 2 atom stereocenters. The smallest absolute Gasteiger partial charge is 0.257 e. The molecule has 2 bridgehead atoms. The molecule has 40 heavy (non-hydrogen) atoms. The van der Waals surface area contributed by atoms with Crippen molar-refractivity contribution in [1.29, 1.82) is 0 Å².